The van der Waals surface area contributed by atoms with Crippen LogP contribution >= 0.6 is 11.6 Å². The van der Waals surface area contributed by atoms with E-state index in [1.807, 2.05) is 36.4 Å². The van der Waals surface area contributed by atoms with E-state index < -0.39 is 5.69 Å². The molecule has 1 heterocycles. The molecule has 0 unspecified atom stereocenters. The molecule has 0 bridgehead atoms. The maximum Gasteiger partial charge on any atom is 0.350 e. The van der Waals surface area contributed by atoms with Crippen molar-refractivity contribution in [1.29, 1.82) is 0 Å². The summed E-state index contributed by atoms with van der Waals surface area (Å²) in [5, 5.41) is 7.77. The molecule has 29 heavy (non-hydrogen) atoms. The second-order valence-corrected chi connectivity index (χ2v) is 7.81. The third kappa shape index (κ3) is 4.59. The van der Waals surface area contributed by atoms with Crippen LogP contribution in [0.4, 0.5) is 5.82 Å². The van der Waals surface area contributed by atoms with Crippen molar-refractivity contribution in [3.63, 3.8) is 0 Å². The molecular weight excluding hydrogens is 388 g/mol. The number of amides is 1. The van der Waals surface area contributed by atoms with Crippen LogP contribution in [0.5, 0.6) is 0 Å². The summed E-state index contributed by atoms with van der Waals surface area (Å²) >= 11 is 5.88. The zero-order chi connectivity index (χ0) is 20.2. The summed E-state index contributed by atoms with van der Waals surface area (Å²) in [6.07, 6.45) is 4.57. The molecule has 1 aliphatic rings. The van der Waals surface area contributed by atoms with Gasteiger partial charge in [-0.15, -0.1) is 0 Å². The van der Waals surface area contributed by atoms with E-state index in [4.69, 9.17) is 11.6 Å². The molecule has 0 radical (unpaired) electrons. The largest absolute Gasteiger partial charge is 0.367 e. The predicted octanol–water partition coefficient (Wildman–Crippen LogP) is 3.72. The Morgan fingerprint density at radius 2 is 1.83 bits per heavy atom. The smallest absolute Gasteiger partial charge is 0.350 e. The first kappa shape index (κ1) is 19.5. The molecule has 4 rings (SSSR count). The lowest BCUT2D eigenvalue weighted by molar-refractivity contribution is -0.121. The number of halogens is 1. The molecule has 0 aliphatic heterocycles. The maximum absolute atomic E-state index is 12.7. The summed E-state index contributed by atoms with van der Waals surface area (Å²) in [6, 6.07) is 15.2. The number of carbonyl (C=O) groups excluding carboxylic acids is 1. The van der Waals surface area contributed by atoms with Crippen LogP contribution in [-0.2, 0) is 17.9 Å². The van der Waals surface area contributed by atoms with Gasteiger partial charge in [0.05, 0.1) is 5.52 Å². The van der Waals surface area contributed by atoms with Gasteiger partial charge in [-0.05, 0) is 42.7 Å². The molecule has 2 aromatic carbocycles. The van der Waals surface area contributed by atoms with Crippen molar-refractivity contribution in [3.05, 3.63) is 69.6 Å². The quantitative estimate of drug-likeness (QED) is 0.649. The lowest BCUT2D eigenvalue weighted by atomic mass is 10.2. The van der Waals surface area contributed by atoms with Crippen LogP contribution in [0.2, 0.25) is 5.02 Å². The number of aromatic nitrogens is 2. The number of fused-ring (bicyclic) bond motifs is 1. The maximum atomic E-state index is 12.7. The molecule has 1 fully saturated rings. The van der Waals surface area contributed by atoms with Gasteiger partial charge in [-0.2, -0.15) is 4.98 Å². The molecular formula is C22H23ClN4O2. The number of carbonyl (C=O) groups is 1. The van der Waals surface area contributed by atoms with Gasteiger partial charge >= 0.3 is 5.69 Å². The minimum atomic E-state index is -0.425. The van der Waals surface area contributed by atoms with E-state index in [2.05, 4.69) is 15.6 Å². The molecule has 1 aliphatic carbocycles. The van der Waals surface area contributed by atoms with Crippen molar-refractivity contribution in [2.45, 2.75) is 44.8 Å². The first-order valence-electron chi connectivity index (χ1n) is 9.87. The van der Waals surface area contributed by atoms with Gasteiger partial charge in [0.2, 0.25) is 5.91 Å². The number of nitrogens with zero attached hydrogens (tertiary/aromatic N) is 2. The molecule has 3 aromatic rings. The van der Waals surface area contributed by atoms with Crippen molar-refractivity contribution in [1.82, 2.24) is 14.9 Å². The molecule has 2 N–H and O–H groups in total. The Kier molecular flexibility index (Phi) is 5.81. The minimum absolute atomic E-state index is 0.0797. The summed E-state index contributed by atoms with van der Waals surface area (Å²) in [4.78, 5) is 29.4. The third-order valence-electron chi connectivity index (χ3n) is 5.29. The van der Waals surface area contributed by atoms with E-state index >= 15 is 0 Å². The minimum Gasteiger partial charge on any atom is -0.367 e. The van der Waals surface area contributed by atoms with E-state index in [0.717, 1.165) is 23.8 Å². The van der Waals surface area contributed by atoms with Gasteiger partial charge in [0, 0.05) is 23.0 Å². The van der Waals surface area contributed by atoms with E-state index in [1.165, 1.54) is 17.4 Å². The van der Waals surface area contributed by atoms with Crippen LogP contribution in [0, 0.1) is 0 Å². The van der Waals surface area contributed by atoms with Crippen LogP contribution in [0.3, 0.4) is 0 Å². The van der Waals surface area contributed by atoms with Crippen molar-refractivity contribution in [2.75, 3.05) is 5.32 Å². The molecule has 6 nitrogen and oxygen atoms in total. The highest BCUT2D eigenvalue weighted by Gasteiger charge is 2.18. The van der Waals surface area contributed by atoms with Crippen LogP contribution < -0.4 is 16.3 Å². The second-order valence-electron chi connectivity index (χ2n) is 7.38. The molecule has 1 aromatic heterocycles. The van der Waals surface area contributed by atoms with Crippen LogP contribution in [0.15, 0.2) is 53.3 Å². The lowest BCUT2D eigenvalue weighted by Crippen LogP contribution is -2.34. The molecule has 150 valence electrons. The highest BCUT2D eigenvalue weighted by Crippen LogP contribution is 2.25. The van der Waals surface area contributed by atoms with Gasteiger partial charge in [-0.25, -0.2) is 4.79 Å². The average molecular weight is 411 g/mol. The number of rotatable bonds is 6. The summed E-state index contributed by atoms with van der Waals surface area (Å²) in [6.45, 7) is 0.293. The lowest BCUT2D eigenvalue weighted by Gasteiger charge is -2.17. The Balaban J connectivity index is 1.53. The van der Waals surface area contributed by atoms with E-state index in [-0.39, 0.29) is 12.5 Å². The number of anilines is 1. The highest BCUT2D eigenvalue weighted by molar-refractivity contribution is 6.30. The van der Waals surface area contributed by atoms with Crippen LogP contribution in [0.1, 0.15) is 31.2 Å². The Bertz CT molecular complexity index is 1070. The summed E-state index contributed by atoms with van der Waals surface area (Å²) in [7, 11) is 0. The Hall–Kier alpha value is -2.86. The fourth-order valence-corrected chi connectivity index (χ4v) is 3.88. The Morgan fingerprint density at radius 1 is 1.10 bits per heavy atom. The molecule has 0 atom stereocenters. The average Bonchev–Trinajstić information content (AvgIpc) is 3.23. The Morgan fingerprint density at radius 3 is 2.59 bits per heavy atom. The molecule has 1 amide bonds. The van der Waals surface area contributed by atoms with Gasteiger partial charge in [-0.3, -0.25) is 9.36 Å². The standard InChI is InChI=1S/C22H23ClN4O2/c23-16-11-9-15(10-12-16)13-24-20(28)14-27-19-8-4-3-7-18(19)21(26-22(27)29)25-17-5-1-2-6-17/h3-4,7-12,17H,1-2,5-6,13-14H2,(H,24,28)(H,25,26,29). The van der Waals surface area contributed by atoms with E-state index in [9.17, 15) is 9.59 Å². The topological polar surface area (TPSA) is 76.0 Å². The zero-order valence-electron chi connectivity index (χ0n) is 16.0. The number of hydrogen-bond donors (Lipinski definition) is 2. The van der Waals surface area contributed by atoms with Crippen molar-refractivity contribution < 1.29 is 4.79 Å². The normalized spacial score (nSPS) is 14.2. The number of nitrogens with one attached hydrogen (secondary N) is 2. The number of para-hydroxylation sites is 1. The number of benzene rings is 2. The summed E-state index contributed by atoms with van der Waals surface area (Å²) in [5.41, 5.74) is 1.22. The van der Waals surface area contributed by atoms with Crippen LogP contribution in [-0.4, -0.2) is 21.5 Å². The Labute approximate surface area is 173 Å². The zero-order valence-corrected chi connectivity index (χ0v) is 16.8. The first-order chi connectivity index (χ1) is 14.1. The van der Waals surface area contributed by atoms with E-state index in [1.54, 1.807) is 12.1 Å². The highest BCUT2D eigenvalue weighted by atomic mass is 35.5. The predicted molar refractivity (Wildman–Crippen MR) is 115 cm³/mol. The monoisotopic (exact) mass is 410 g/mol. The summed E-state index contributed by atoms with van der Waals surface area (Å²) in [5.74, 6) is 0.362. The van der Waals surface area contributed by atoms with Crippen LogP contribution in [0.25, 0.3) is 10.9 Å². The van der Waals surface area contributed by atoms with Crippen molar-refractivity contribution in [2.24, 2.45) is 0 Å². The fraction of sp³-hybridized carbons (Fsp3) is 0.318. The van der Waals surface area contributed by atoms with E-state index in [0.29, 0.717) is 28.9 Å². The van der Waals surface area contributed by atoms with Gasteiger partial charge in [0.1, 0.15) is 12.4 Å². The number of hydrogen-bond acceptors (Lipinski definition) is 4. The van der Waals surface area contributed by atoms with Crippen molar-refractivity contribution in [3.8, 4) is 0 Å². The second kappa shape index (κ2) is 8.66. The summed E-state index contributed by atoms with van der Waals surface area (Å²) < 4.78 is 1.42. The molecule has 0 saturated heterocycles. The fourth-order valence-electron chi connectivity index (χ4n) is 3.76. The van der Waals surface area contributed by atoms with Gasteiger partial charge < -0.3 is 10.6 Å². The van der Waals surface area contributed by atoms with Gasteiger partial charge in [0.25, 0.3) is 0 Å². The van der Waals surface area contributed by atoms with Gasteiger partial charge in [0.15, 0.2) is 0 Å². The van der Waals surface area contributed by atoms with Crippen molar-refractivity contribution >= 4 is 34.2 Å². The molecule has 0 spiro atoms. The SMILES string of the molecule is O=C(Cn1c(=O)nc(NC2CCCC2)c2ccccc21)NCc1ccc(Cl)cc1. The molecule has 1 saturated carbocycles. The first-order valence-corrected chi connectivity index (χ1v) is 10.3. The molecule has 7 heteroatoms. The third-order valence-corrected chi connectivity index (χ3v) is 5.54. The van der Waals surface area contributed by atoms with Gasteiger partial charge in [-0.1, -0.05) is 48.7 Å².